The molecule has 1 saturated carbocycles. The van der Waals surface area contributed by atoms with Crippen molar-refractivity contribution in [3.8, 4) is 11.5 Å². The first-order valence-corrected chi connectivity index (χ1v) is 23.5. The standard InChI is InChI=1S/C42H65N3O9S2/c1-27(46)53-35(28-9-12-33(47)32(43-3)25-55-56-26-40(2,51)17-15-28)23-36(54-39(50)42-16-5-4-7-30(42)11-14-37(49)45-42)41(18-20-44-21-19-41)24-29-10-13-34(48)38-31(29)8-6-22-52-38/h10,13,28,30,32-33,35-36,43-44,47-48,51H,4-9,11-12,14-26H2,1-3H3,(H,45,49). The van der Waals surface area contributed by atoms with Crippen molar-refractivity contribution < 1.29 is 43.9 Å². The number of esters is 2. The van der Waals surface area contributed by atoms with E-state index >= 15 is 0 Å². The Morgan fingerprint density at radius 2 is 1.82 bits per heavy atom. The van der Waals surface area contributed by atoms with Gasteiger partial charge in [-0.2, -0.15) is 0 Å². The summed E-state index contributed by atoms with van der Waals surface area (Å²) in [4.78, 5) is 41.0. The predicted octanol–water partition coefficient (Wildman–Crippen LogP) is 4.97. The molecular formula is C42H65N3O9S2. The van der Waals surface area contributed by atoms with Gasteiger partial charge in [0.2, 0.25) is 5.91 Å². The third kappa shape index (κ3) is 10.3. The van der Waals surface area contributed by atoms with Gasteiger partial charge in [0, 0.05) is 48.3 Å². The Morgan fingerprint density at radius 1 is 1.02 bits per heavy atom. The molecule has 6 N–H and O–H groups in total. The molecule has 1 aliphatic carbocycles. The van der Waals surface area contributed by atoms with E-state index in [-0.39, 0.29) is 36.0 Å². The van der Waals surface area contributed by atoms with Crippen LogP contribution in [0.1, 0.15) is 115 Å². The predicted molar refractivity (Wildman–Crippen MR) is 219 cm³/mol. The fraction of sp³-hybridized carbons (Fsp3) is 0.786. The molecule has 4 fully saturated rings. The normalized spacial score (nSPS) is 32.4. The fourth-order valence-corrected chi connectivity index (χ4v) is 13.0. The van der Waals surface area contributed by atoms with E-state index in [1.807, 2.05) is 20.0 Å². The highest BCUT2D eigenvalue weighted by Gasteiger charge is 2.54. The number of carbonyl (C=O) groups is 3. The van der Waals surface area contributed by atoms with E-state index in [0.717, 1.165) is 43.2 Å². The molecular weight excluding hydrogens is 755 g/mol. The van der Waals surface area contributed by atoms with E-state index in [9.17, 15) is 29.7 Å². The highest BCUT2D eigenvalue weighted by Crippen LogP contribution is 2.47. The van der Waals surface area contributed by atoms with Gasteiger partial charge in [-0.15, -0.1) is 0 Å². The lowest BCUT2D eigenvalue weighted by atomic mass is 9.66. The second-order valence-electron chi connectivity index (χ2n) is 17.5. The van der Waals surface area contributed by atoms with Gasteiger partial charge >= 0.3 is 11.9 Å². The van der Waals surface area contributed by atoms with Crippen LogP contribution in [0.3, 0.4) is 0 Å². The van der Waals surface area contributed by atoms with Crippen LogP contribution in [-0.4, -0.2) is 107 Å². The fourth-order valence-electron chi connectivity index (χ4n) is 10.1. The summed E-state index contributed by atoms with van der Waals surface area (Å²) in [6, 6.07) is 3.51. The number of aliphatic hydroxyl groups is 2. The summed E-state index contributed by atoms with van der Waals surface area (Å²) in [5, 5.41) is 43.5. The van der Waals surface area contributed by atoms with Crippen molar-refractivity contribution >= 4 is 39.4 Å². The lowest BCUT2D eigenvalue weighted by molar-refractivity contribution is -0.180. The smallest absolute Gasteiger partial charge is 0.332 e. The molecule has 1 aromatic rings. The Hall–Kier alpha value is -2.23. The Kier molecular flexibility index (Phi) is 14.9. The Morgan fingerprint density at radius 3 is 2.59 bits per heavy atom. The molecule has 8 atom stereocenters. The molecule has 6 rings (SSSR count). The second kappa shape index (κ2) is 19.2. The lowest BCUT2D eigenvalue weighted by Crippen LogP contribution is -2.65. The van der Waals surface area contributed by atoms with E-state index in [1.54, 1.807) is 27.7 Å². The molecule has 4 heterocycles. The molecule has 1 aromatic carbocycles. The van der Waals surface area contributed by atoms with Crippen LogP contribution in [0, 0.1) is 17.3 Å². The zero-order valence-electron chi connectivity index (χ0n) is 33.6. The average molecular weight is 820 g/mol. The summed E-state index contributed by atoms with van der Waals surface area (Å²) >= 11 is 0. The van der Waals surface area contributed by atoms with Gasteiger partial charge in [-0.3, -0.25) is 9.59 Å². The van der Waals surface area contributed by atoms with Crippen molar-refractivity contribution in [2.24, 2.45) is 17.3 Å². The number of amides is 1. The first-order chi connectivity index (χ1) is 26.8. The van der Waals surface area contributed by atoms with Crippen molar-refractivity contribution in [1.82, 2.24) is 16.0 Å². The van der Waals surface area contributed by atoms with E-state index in [4.69, 9.17) is 14.2 Å². The molecule has 0 bridgehead atoms. The van der Waals surface area contributed by atoms with E-state index in [0.29, 0.717) is 101 Å². The number of piperidine rings is 2. The number of nitrogens with one attached hydrogen (secondary N) is 3. The zero-order valence-corrected chi connectivity index (χ0v) is 35.2. The second-order valence-corrected chi connectivity index (χ2v) is 20.0. The third-order valence-electron chi connectivity index (χ3n) is 13.5. The number of ether oxygens (including phenoxy) is 3. The number of aliphatic hydroxyl groups excluding tert-OH is 1. The topological polar surface area (TPSA) is 176 Å². The Bertz CT molecular complexity index is 1520. The molecule has 314 valence electrons. The van der Waals surface area contributed by atoms with Crippen molar-refractivity contribution in [2.45, 2.75) is 152 Å². The van der Waals surface area contributed by atoms with Crippen molar-refractivity contribution in [1.29, 1.82) is 0 Å². The molecule has 12 nitrogen and oxygen atoms in total. The molecule has 0 aromatic heterocycles. The molecule has 14 heteroatoms. The summed E-state index contributed by atoms with van der Waals surface area (Å²) in [7, 11) is 5.09. The molecule has 0 radical (unpaired) electrons. The molecule has 5 aliphatic rings. The first kappa shape index (κ1) is 43.4. The highest BCUT2D eigenvalue weighted by atomic mass is 33.1. The highest BCUT2D eigenvalue weighted by molar-refractivity contribution is 8.76. The average Bonchev–Trinajstić information content (AvgIpc) is 3.18. The lowest BCUT2D eigenvalue weighted by Gasteiger charge is -2.49. The molecule has 56 heavy (non-hydrogen) atoms. The summed E-state index contributed by atoms with van der Waals surface area (Å²) in [5.74, 6) is 0.617. The third-order valence-corrected chi connectivity index (χ3v) is 16.1. The minimum absolute atomic E-state index is 0.0113. The summed E-state index contributed by atoms with van der Waals surface area (Å²) in [5.41, 5.74) is -0.617. The number of phenolic OH excluding ortho intramolecular Hbond substituents is 1. The number of phenols is 1. The SMILES string of the molecule is CNC1CSSCC(C)(O)CCC(C(CC(OC(=O)C23CCCCC2CCC(=O)N3)C2(Cc3ccc(O)c4c3CCCO4)CCNCC2)OC(C)=O)CCC1O. The molecule has 4 aliphatic heterocycles. The van der Waals surface area contributed by atoms with Crippen LogP contribution in [0.15, 0.2) is 12.1 Å². The first-order valence-electron chi connectivity index (χ1n) is 21.0. The van der Waals surface area contributed by atoms with Crippen LogP contribution >= 0.6 is 21.6 Å². The maximum atomic E-state index is 15.0. The van der Waals surface area contributed by atoms with Gasteiger partial charge in [0.25, 0.3) is 0 Å². The van der Waals surface area contributed by atoms with Crippen LogP contribution in [0.4, 0.5) is 0 Å². The largest absolute Gasteiger partial charge is 0.504 e. The number of carbonyl (C=O) groups excluding carboxylic acids is 3. The summed E-state index contributed by atoms with van der Waals surface area (Å²) in [6.07, 6.45) is 8.04. The van der Waals surface area contributed by atoms with Crippen molar-refractivity contribution in [3.63, 3.8) is 0 Å². The minimum Gasteiger partial charge on any atom is -0.504 e. The quantitative estimate of drug-likeness (QED) is 0.138. The molecule has 3 saturated heterocycles. The Balaban J connectivity index is 1.40. The summed E-state index contributed by atoms with van der Waals surface area (Å²) in [6.45, 7) is 5.20. The van der Waals surface area contributed by atoms with Crippen LogP contribution in [-0.2, 0) is 36.7 Å². The number of benzene rings is 1. The molecule has 8 unspecified atom stereocenters. The van der Waals surface area contributed by atoms with Gasteiger partial charge in [-0.25, -0.2) is 4.79 Å². The molecule has 1 amide bonds. The van der Waals surface area contributed by atoms with Gasteiger partial charge < -0.3 is 45.5 Å². The van der Waals surface area contributed by atoms with Gasteiger partial charge in [0.15, 0.2) is 11.5 Å². The Labute approximate surface area is 340 Å². The number of hydrogen-bond donors (Lipinski definition) is 6. The van der Waals surface area contributed by atoms with E-state index in [1.165, 1.54) is 6.92 Å². The number of likely N-dealkylation sites (N-methyl/N-ethyl adjacent to an activating group) is 1. The maximum absolute atomic E-state index is 15.0. The van der Waals surface area contributed by atoms with E-state index < -0.39 is 46.8 Å². The van der Waals surface area contributed by atoms with Gasteiger partial charge in [-0.05, 0) is 128 Å². The summed E-state index contributed by atoms with van der Waals surface area (Å²) < 4.78 is 19.2. The number of hydrogen-bond acceptors (Lipinski definition) is 13. The van der Waals surface area contributed by atoms with E-state index in [2.05, 4.69) is 16.0 Å². The minimum atomic E-state index is -1.10. The maximum Gasteiger partial charge on any atom is 0.332 e. The van der Waals surface area contributed by atoms with Crippen LogP contribution in [0.5, 0.6) is 11.5 Å². The number of aromatic hydroxyl groups is 1. The van der Waals surface area contributed by atoms with Gasteiger partial charge in [0.05, 0.1) is 18.3 Å². The van der Waals surface area contributed by atoms with Crippen LogP contribution in [0.2, 0.25) is 0 Å². The van der Waals surface area contributed by atoms with Gasteiger partial charge in [-0.1, -0.05) is 40.5 Å². The number of rotatable bonds is 10. The van der Waals surface area contributed by atoms with Crippen LogP contribution < -0.4 is 20.7 Å². The molecule has 0 spiro atoms. The van der Waals surface area contributed by atoms with Crippen molar-refractivity contribution in [2.75, 3.05) is 38.2 Å². The number of fused-ring (bicyclic) bond motifs is 2. The zero-order chi connectivity index (χ0) is 39.9. The van der Waals surface area contributed by atoms with Crippen molar-refractivity contribution in [3.05, 3.63) is 23.3 Å². The van der Waals surface area contributed by atoms with Crippen LogP contribution in [0.25, 0.3) is 0 Å². The monoisotopic (exact) mass is 819 g/mol. The van der Waals surface area contributed by atoms with Gasteiger partial charge in [0.1, 0.15) is 17.7 Å².